The number of likely N-dealkylation sites (N-methyl/N-ethyl adjacent to an activating group) is 1. The first-order valence-corrected chi connectivity index (χ1v) is 34.2. The molecule has 0 aromatic rings. The minimum atomic E-state index is -1.50. The Hall–Kier alpha value is -1.71. The SMILES string of the molecule is CCCCCCCCCCCCCCCCCCCCCCCCCCCCCCCCCCCCCCCCC(=O)OC(COC(=O)CCCCCCCCCCCCCCCC)COC(OCC[N+](C)(C)C)C(=O)O. The molecule has 0 spiro atoms. The maximum Gasteiger partial charge on any atom is 0.361 e. The van der Waals surface area contributed by atoms with E-state index in [4.69, 9.17) is 18.9 Å². The van der Waals surface area contributed by atoms with Crippen molar-refractivity contribution in [2.75, 3.05) is 47.5 Å². The summed E-state index contributed by atoms with van der Waals surface area (Å²) in [5.74, 6) is -1.97. The first-order chi connectivity index (χ1) is 37.6. The minimum absolute atomic E-state index is 0.172. The van der Waals surface area contributed by atoms with Gasteiger partial charge in [0.1, 0.15) is 13.2 Å². The van der Waals surface area contributed by atoms with E-state index in [0.717, 1.165) is 38.5 Å². The summed E-state index contributed by atoms with van der Waals surface area (Å²) in [5.41, 5.74) is 0. The van der Waals surface area contributed by atoms with Crippen LogP contribution in [0.3, 0.4) is 0 Å². The van der Waals surface area contributed by atoms with Gasteiger partial charge in [-0.15, -0.1) is 0 Å². The number of rotatable bonds is 65. The van der Waals surface area contributed by atoms with Crippen LogP contribution in [-0.4, -0.2) is 87.4 Å². The summed E-state index contributed by atoms with van der Waals surface area (Å²) in [6.07, 6.45) is 68.1. The Morgan fingerprint density at radius 3 is 0.831 bits per heavy atom. The molecule has 0 saturated heterocycles. The lowest BCUT2D eigenvalue weighted by molar-refractivity contribution is -0.870. The molecule has 458 valence electrons. The number of carboxylic acids is 1. The highest BCUT2D eigenvalue weighted by atomic mass is 16.7. The number of nitrogens with zero attached hydrogens (tertiary/aromatic N) is 1. The van der Waals surface area contributed by atoms with Gasteiger partial charge in [-0.2, -0.15) is 0 Å². The summed E-state index contributed by atoms with van der Waals surface area (Å²) in [5, 5.41) is 9.71. The van der Waals surface area contributed by atoms with Crippen molar-refractivity contribution in [2.24, 2.45) is 0 Å². The molecule has 9 heteroatoms. The number of esters is 2. The molecule has 0 fully saturated rings. The van der Waals surface area contributed by atoms with E-state index in [0.29, 0.717) is 17.4 Å². The maximum atomic E-state index is 12.9. The number of hydrogen-bond acceptors (Lipinski definition) is 7. The van der Waals surface area contributed by atoms with Crippen molar-refractivity contribution in [3.63, 3.8) is 0 Å². The second kappa shape index (κ2) is 60.4. The van der Waals surface area contributed by atoms with Crippen molar-refractivity contribution in [3.05, 3.63) is 0 Å². The molecular formula is C68H134NO8+. The molecule has 0 radical (unpaired) electrons. The van der Waals surface area contributed by atoms with E-state index in [9.17, 15) is 19.5 Å². The molecule has 0 saturated carbocycles. The van der Waals surface area contributed by atoms with Crippen LogP contribution in [0.15, 0.2) is 0 Å². The van der Waals surface area contributed by atoms with E-state index < -0.39 is 18.4 Å². The number of carboxylic acid groups (broad SMARTS) is 1. The topological polar surface area (TPSA) is 108 Å². The van der Waals surface area contributed by atoms with Crippen LogP contribution in [-0.2, 0) is 33.3 Å². The zero-order valence-corrected chi connectivity index (χ0v) is 52.4. The van der Waals surface area contributed by atoms with Crippen molar-refractivity contribution < 1.29 is 42.9 Å². The molecule has 9 nitrogen and oxygen atoms in total. The highest BCUT2D eigenvalue weighted by Crippen LogP contribution is 2.19. The predicted octanol–water partition coefficient (Wildman–Crippen LogP) is 20.7. The molecule has 0 aliphatic carbocycles. The summed E-state index contributed by atoms with van der Waals surface area (Å²) in [4.78, 5) is 37.4. The standard InChI is InChI=1S/C68H133NO8/c1-6-8-10-12-14-16-18-20-22-23-24-25-26-27-28-29-30-31-32-33-34-35-36-37-38-39-40-41-42-43-44-45-47-49-51-53-55-57-59-66(71)77-64(63-76-68(67(72)73)74-61-60-69(3,4)5)62-75-65(70)58-56-54-52-50-48-46-21-19-17-15-13-11-9-7-2/h64,68H,6-63H2,1-5H3/p+1. The van der Waals surface area contributed by atoms with Gasteiger partial charge in [-0.3, -0.25) is 9.59 Å². The normalized spacial score (nSPS) is 12.6. The minimum Gasteiger partial charge on any atom is -0.477 e. The second-order valence-electron chi connectivity index (χ2n) is 24.9. The molecule has 0 aliphatic heterocycles. The summed E-state index contributed by atoms with van der Waals surface area (Å²) in [7, 11) is 5.99. The summed E-state index contributed by atoms with van der Waals surface area (Å²) < 4.78 is 22.9. The third-order valence-corrected chi connectivity index (χ3v) is 15.9. The van der Waals surface area contributed by atoms with E-state index >= 15 is 0 Å². The molecule has 0 amide bonds. The van der Waals surface area contributed by atoms with E-state index in [2.05, 4.69) is 13.8 Å². The number of carbonyl (C=O) groups excluding carboxylic acids is 2. The van der Waals surface area contributed by atoms with E-state index in [1.807, 2.05) is 21.1 Å². The first kappa shape index (κ1) is 75.3. The fourth-order valence-electron chi connectivity index (χ4n) is 10.6. The zero-order valence-electron chi connectivity index (χ0n) is 52.4. The predicted molar refractivity (Wildman–Crippen MR) is 328 cm³/mol. The van der Waals surface area contributed by atoms with Gasteiger partial charge in [0, 0.05) is 12.8 Å². The van der Waals surface area contributed by atoms with E-state index in [1.165, 1.54) is 295 Å². The van der Waals surface area contributed by atoms with Gasteiger partial charge in [-0.1, -0.05) is 335 Å². The van der Waals surface area contributed by atoms with Gasteiger partial charge >= 0.3 is 17.9 Å². The quantitative estimate of drug-likeness (QED) is 0.0278. The number of hydrogen-bond donors (Lipinski definition) is 1. The molecule has 0 rings (SSSR count). The second-order valence-corrected chi connectivity index (χ2v) is 24.9. The number of carbonyl (C=O) groups is 3. The molecule has 0 bridgehead atoms. The summed E-state index contributed by atoms with van der Waals surface area (Å²) in [6.45, 7) is 4.95. The van der Waals surface area contributed by atoms with Gasteiger partial charge in [0.15, 0.2) is 6.10 Å². The molecule has 0 aromatic heterocycles. The number of aliphatic carboxylic acids is 1. The largest absolute Gasteiger partial charge is 0.477 e. The van der Waals surface area contributed by atoms with Crippen LogP contribution in [0.2, 0.25) is 0 Å². The lowest BCUT2D eigenvalue weighted by Gasteiger charge is -2.25. The average molecular weight is 1090 g/mol. The van der Waals surface area contributed by atoms with E-state index in [-0.39, 0.29) is 38.2 Å². The van der Waals surface area contributed by atoms with Gasteiger partial charge in [0.25, 0.3) is 6.29 Å². The Morgan fingerprint density at radius 2 is 0.584 bits per heavy atom. The maximum absolute atomic E-state index is 12.9. The Bertz CT molecular complexity index is 1220. The van der Waals surface area contributed by atoms with Gasteiger partial charge in [0.2, 0.25) is 0 Å². The zero-order chi connectivity index (χ0) is 56.2. The van der Waals surface area contributed by atoms with Crippen LogP contribution in [0.4, 0.5) is 0 Å². The molecule has 2 unspecified atom stereocenters. The Balaban J connectivity index is 3.89. The van der Waals surface area contributed by atoms with Gasteiger partial charge in [-0.25, -0.2) is 4.79 Å². The Kier molecular flexibility index (Phi) is 59.0. The smallest absolute Gasteiger partial charge is 0.361 e. The molecular weight excluding hydrogens is 959 g/mol. The highest BCUT2D eigenvalue weighted by molar-refractivity contribution is 5.71. The Labute approximate surface area is 479 Å². The molecule has 0 heterocycles. The monoisotopic (exact) mass is 1090 g/mol. The fourth-order valence-corrected chi connectivity index (χ4v) is 10.6. The number of ether oxygens (including phenoxy) is 4. The van der Waals surface area contributed by atoms with Crippen LogP contribution in [0.25, 0.3) is 0 Å². The van der Waals surface area contributed by atoms with Crippen molar-refractivity contribution in [1.29, 1.82) is 0 Å². The van der Waals surface area contributed by atoms with Gasteiger partial charge in [-0.05, 0) is 12.8 Å². The van der Waals surface area contributed by atoms with Crippen LogP contribution < -0.4 is 0 Å². The van der Waals surface area contributed by atoms with Gasteiger partial charge < -0.3 is 28.5 Å². The van der Waals surface area contributed by atoms with Crippen LogP contribution in [0.5, 0.6) is 0 Å². The third kappa shape index (κ3) is 61.8. The Morgan fingerprint density at radius 1 is 0.338 bits per heavy atom. The van der Waals surface area contributed by atoms with Crippen LogP contribution in [0, 0.1) is 0 Å². The van der Waals surface area contributed by atoms with E-state index in [1.54, 1.807) is 0 Å². The lowest BCUT2D eigenvalue weighted by atomic mass is 10.0. The van der Waals surface area contributed by atoms with Crippen LogP contribution in [0.1, 0.15) is 361 Å². The highest BCUT2D eigenvalue weighted by Gasteiger charge is 2.25. The molecule has 1 N–H and O–H groups in total. The third-order valence-electron chi connectivity index (χ3n) is 15.9. The number of unbranched alkanes of at least 4 members (excludes halogenated alkanes) is 50. The van der Waals surface area contributed by atoms with Crippen molar-refractivity contribution in [3.8, 4) is 0 Å². The van der Waals surface area contributed by atoms with Crippen molar-refractivity contribution in [2.45, 2.75) is 373 Å². The molecule has 77 heavy (non-hydrogen) atoms. The van der Waals surface area contributed by atoms with Crippen molar-refractivity contribution in [1.82, 2.24) is 0 Å². The van der Waals surface area contributed by atoms with Crippen molar-refractivity contribution >= 4 is 17.9 Å². The number of quaternary nitrogens is 1. The average Bonchev–Trinajstić information content (AvgIpc) is 3.40. The molecule has 0 aliphatic rings. The summed E-state index contributed by atoms with van der Waals surface area (Å²) in [6, 6.07) is 0. The fraction of sp³-hybridized carbons (Fsp3) is 0.956. The molecule has 0 aromatic carbocycles. The lowest BCUT2D eigenvalue weighted by Crippen LogP contribution is -2.40. The first-order valence-electron chi connectivity index (χ1n) is 34.2. The summed E-state index contributed by atoms with van der Waals surface area (Å²) >= 11 is 0. The molecule has 2 atom stereocenters. The van der Waals surface area contributed by atoms with Gasteiger partial charge in [0.05, 0.1) is 34.4 Å². The van der Waals surface area contributed by atoms with Crippen LogP contribution >= 0.6 is 0 Å².